The molecule has 21 heavy (non-hydrogen) atoms. The summed E-state index contributed by atoms with van der Waals surface area (Å²) in [5, 5.41) is 9.50. The molecule has 1 N–H and O–H groups in total. The number of aliphatic carboxylic acids is 1. The SMILES string of the molecule is O=C(O)CSc1nc2cc(F)c(Cl)cc2n1CC1CCC1. The van der Waals surface area contributed by atoms with Gasteiger partial charge < -0.3 is 9.67 Å². The number of hydrogen-bond acceptors (Lipinski definition) is 3. The first-order valence-electron chi connectivity index (χ1n) is 6.74. The Hall–Kier alpha value is -1.27. The zero-order chi connectivity index (χ0) is 15.0. The van der Waals surface area contributed by atoms with Gasteiger partial charge in [0, 0.05) is 12.6 Å². The van der Waals surface area contributed by atoms with Crippen molar-refractivity contribution in [3.8, 4) is 0 Å². The summed E-state index contributed by atoms with van der Waals surface area (Å²) in [7, 11) is 0. The number of carboxylic acid groups (broad SMARTS) is 1. The average Bonchev–Trinajstić information content (AvgIpc) is 2.69. The van der Waals surface area contributed by atoms with Crippen LogP contribution in [0, 0.1) is 11.7 Å². The van der Waals surface area contributed by atoms with E-state index >= 15 is 0 Å². The number of nitrogens with zero attached hydrogens (tertiary/aromatic N) is 2. The van der Waals surface area contributed by atoms with Gasteiger partial charge in [-0.05, 0) is 24.8 Å². The van der Waals surface area contributed by atoms with Crippen LogP contribution in [-0.4, -0.2) is 26.4 Å². The van der Waals surface area contributed by atoms with Crippen molar-refractivity contribution in [2.24, 2.45) is 5.92 Å². The van der Waals surface area contributed by atoms with Gasteiger partial charge in [0.2, 0.25) is 0 Å². The summed E-state index contributed by atoms with van der Waals surface area (Å²) in [6.45, 7) is 0.778. The van der Waals surface area contributed by atoms with Gasteiger partial charge in [-0.25, -0.2) is 9.37 Å². The summed E-state index contributed by atoms with van der Waals surface area (Å²) in [6, 6.07) is 2.88. The van der Waals surface area contributed by atoms with Crippen molar-refractivity contribution in [2.75, 3.05) is 5.75 Å². The van der Waals surface area contributed by atoms with Crippen LogP contribution >= 0.6 is 23.4 Å². The van der Waals surface area contributed by atoms with Crippen LogP contribution in [0.25, 0.3) is 11.0 Å². The Labute approximate surface area is 130 Å². The minimum atomic E-state index is -0.897. The fourth-order valence-corrected chi connectivity index (χ4v) is 3.35. The first kappa shape index (κ1) is 14.7. The lowest BCUT2D eigenvalue weighted by Gasteiger charge is -2.26. The molecule has 7 heteroatoms. The highest BCUT2D eigenvalue weighted by atomic mass is 35.5. The van der Waals surface area contributed by atoms with E-state index in [1.807, 2.05) is 4.57 Å². The molecule has 0 atom stereocenters. The fourth-order valence-electron chi connectivity index (χ4n) is 2.44. The summed E-state index contributed by atoms with van der Waals surface area (Å²) < 4.78 is 15.5. The van der Waals surface area contributed by atoms with Gasteiger partial charge in [-0.2, -0.15) is 0 Å². The summed E-state index contributed by atoms with van der Waals surface area (Å²) in [4.78, 5) is 15.1. The minimum Gasteiger partial charge on any atom is -0.481 e. The van der Waals surface area contributed by atoms with Crippen LogP contribution < -0.4 is 0 Å². The number of carbonyl (C=O) groups is 1. The van der Waals surface area contributed by atoms with E-state index in [1.54, 1.807) is 6.07 Å². The molecule has 4 nitrogen and oxygen atoms in total. The standard InChI is InChI=1S/C14H14ClFN2O2S/c15-9-4-12-11(5-10(9)16)17-14(21-7-13(19)20)18(12)6-8-2-1-3-8/h4-5,8H,1-3,6-7H2,(H,19,20). The Bertz CT molecular complexity index is 700. The third-order valence-electron chi connectivity index (χ3n) is 3.75. The summed E-state index contributed by atoms with van der Waals surface area (Å²) in [6.07, 6.45) is 3.56. The van der Waals surface area contributed by atoms with Gasteiger partial charge in [0.1, 0.15) is 5.82 Å². The molecule has 1 fully saturated rings. The Kier molecular flexibility index (Phi) is 4.08. The second kappa shape index (κ2) is 5.85. The van der Waals surface area contributed by atoms with E-state index in [1.165, 1.54) is 12.5 Å². The van der Waals surface area contributed by atoms with Gasteiger partial charge >= 0.3 is 5.97 Å². The first-order valence-corrected chi connectivity index (χ1v) is 8.11. The highest BCUT2D eigenvalue weighted by Gasteiger charge is 2.22. The maximum atomic E-state index is 13.6. The molecular weight excluding hydrogens is 315 g/mol. The molecule has 2 aromatic rings. The van der Waals surface area contributed by atoms with E-state index in [9.17, 15) is 9.18 Å². The van der Waals surface area contributed by atoms with E-state index < -0.39 is 11.8 Å². The molecule has 1 aliphatic carbocycles. The second-order valence-electron chi connectivity index (χ2n) is 5.24. The number of benzene rings is 1. The molecule has 3 rings (SSSR count). The van der Waals surface area contributed by atoms with Crippen molar-refractivity contribution in [1.29, 1.82) is 0 Å². The van der Waals surface area contributed by atoms with Crippen molar-refractivity contribution in [3.05, 3.63) is 23.0 Å². The van der Waals surface area contributed by atoms with Crippen LogP contribution in [0.4, 0.5) is 4.39 Å². The van der Waals surface area contributed by atoms with Crippen LogP contribution in [-0.2, 0) is 11.3 Å². The largest absolute Gasteiger partial charge is 0.481 e. The smallest absolute Gasteiger partial charge is 0.313 e. The summed E-state index contributed by atoms with van der Waals surface area (Å²) in [5.74, 6) is -0.890. The van der Waals surface area contributed by atoms with E-state index in [0.717, 1.165) is 36.7 Å². The fraction of sp³-hybridized carbons (Fsp3) is 0.429. The second-order valence-corrected chi connectivity index (χ2v) is 6.59. The maximum absolute atomic E-state index is 13.6. The van der Waals surface area contributed by atoms with Crippen molar-refractivity contribution in [3.63, 3.8) is 0 Å². The lowest BCUT2D eigenvalue weighted by molar-refractivity contribution is -0.133. The minimum absolute atomic E-state index is 0.0621. The summed E-state index contributed by atoms with van der Waals surface area (Å²) in [5.41, 5.74) is 1.28. The van der Waals surface area contributed by atoms with Gasteiger partial charge in [0.15, 0.2) is 5.16 Å². The van der Waals surface area contributed by atoms with Gasteiger partial charge in [0.25, 0.3) is 0 Å². The quantitative estimate of drug-likeness (QED) is 0.848. The average molecular weight is 329 g/mol. The molecule has 0 spiro atoms. The van der Waals surface area contributed by atoms with Gasteiger partial charge in [-0.15, -0.1) is 0 Å². The molecule has 1 saturated carbocycles. The number of aromatic nitrogens is 2. The monoisotopic (exact) mass is 328 g/mol. The predicted molar refractivity (Wildman–Crippen MR) is 80.4 cm³/mol. The normalized spacial score (nSPS) is 15.3. The Morgan fingerprint density at radius 1 is 1.52 bits per heavy atom. The van der Waals surface area contributed by atoms with E-state index in [-0.39, 0.29) is 10.8 Å². The number of rotatable bonds is 5. The maximum Gasteiger partial charge on any atom is 0.313 e. The molecule has 0 unspecified atom stereocenters. The van der Waals surface area contributed by atoms with Crippen LogP contribution in [0.2, 0.25) is 5.02 Å². The first-order chi connectivity index (χ1) is 10.0. The number of halogens is 2. The van der Waals surface area contributed by atoms with Crippen molar-refractivity contribution in [1.82, 2.24) is 9.55 Å². The van der Waals surface area contributed by atoms with Crippen LogP contribution in [0.15, 0.2) is 17.3 Å². The van der Waals surface area contributed by atoms with Crippen LogP contribution in [0.5, 0.6) is 0 Å². The number of imidazole rings is 1. The van der Waals surface area contributed by atoms with Crippen molar-refractivity contribution in [2.45, 2.75) is 31.0 Å². The van der Waals surface area contributed by atoms with E-state index in [4.69, 9.17) is 16.7 Å². The third-order valence-corrected chi connectivity index (χ3v) is 5.00. The lowest BCUT2D eigenvalue weighted by atomic mass is 9.85. The van der Waals surface area contributed by atoms with Gasteiger partial charge in [-0.1, -0.05) is 29.8 Å². The van der Waals surface area contributed by atoms with Gasteiger partial charge in [0.05, 0.1) is 21.8 Å². The molecular formula is C14H14ClFN2O2S. The molecule has 1 heterocycles. The Morgan fingerprint density at radius 2 is 2.29 bits per heavy atom. The molecule has 1 aliphatic rings. The van der Waals surface area contributed by atoms with Crippen LogP contribution in [0.1, 0.15) is 19.3 Å². The van der Waals surface area contributed by atoms with Crippen molar-refractivity contribution >= 4 is 40.4 Å². The van der Waals surface area contributed by atoms with E-state index in [2.05, 4.69) is 4.98 Å². The zero-order valence-electron chi connectivity index (χ0n) is 11.2. The number of thioether (sulfide) groups is 1. The molecule has 0 amide bonds. The predicted octanol–water partition coefficient (Wildman–Crippen LogP) is 3.81. The highest BCUT2D eigenvalue weighted by molar-refractivity contribution is 7.99. The molecule has 0 radical (unpaired) electrons. The van der Waals surface area contributed by atoms with Crippen molar-refractivity contribution < 1.29 is 14.3 Å². The lowest BCUT2D eigenvalue weighted by Crippen LogP contribution is -2.18. The molecule has 112 valence electrons. The molecule has 0 aliphatic heterocycles. The Balaban J connectivity index is 2.01. The third kappa shape index (κ3) is 3.01. The molecule has 1 aromatic heterocycles. The number of fused-ring (bicyclic) bond motifs is 1. The number of carboxylic acids is 1. The Morgan fingerprint density at radius 3 is 2.90 bits per heavy atom. The van der Waals surface area contributed by atoms with Gasteiger partial charge in [-0.3, -0.25) is 4.79 Å². The zero-order valence-corrected chi connectivity index (χ0v) is 12.8. The number of hydrogen-bond donors (Lipinski definition) is 1. The molecule has 0 bridgehead atoms. The van der Waals surface area contributed by atoms with Crippen LogP contribution in [0.3, 0.4) is 0 Å². The highest BCUT2D eigenvalue weighted by Crippen LogP contribution is 2.33. The topological polar surface area (TPSA) is 55.1 Å². The van der Waals surface area contributed by atoms with E-state index in [0.29, 0.717) is 16.6 Å². The summed E-state index contributed by atoms with van der Waals surface area (Å²) >= 11 is 7.02. The molecule has 1 aromatic carbocycles. The molecule has 0 saturated heterocycles.